The Balaban J connectivity index is 1.79. The third kappa shape index (κ3) is 2.73. The van der Waals surface area contributed by atoms with Gasteiger partial charge in [0.1, 0.15) is 6.10 Å². The van der Waals surface area contributed by atoms with Crippen molar-refractivity contribution < 1.29 is 14.0 Å². The summed E-state index contributed by atoms with van der Waals surface area (Å²) in [4.78, 5) is 9.14. The van der Waals surface area contributed by atoms with Gasteiger partial charge in [0.05, 0.1) is 17.7 Å². The van der Waals surface area contributed by atoms with Crippen molar-refractivity contribution in [2.75, 3.05) is 13.2 Å². The minimum Gasteiger partial charge on any atom is -0.477 e. The molecule has 1 aromatic carbocycles. The zero-order valence-corrected chi connectivity index (χ0v) is 13.8. The predicted octanol–water partition coefficient (Wildman–Crippen LogP) is 3.84. The van der Waals surface area contributed by atoms with Gasteiger partial charge in [-0.1, -0.05) is 17.3 Å². The molecular weight excluding hydrogens is 306 g/mol. The molecule has 4 rings (SSSR count). The molecule has 6 heteroatoms. The summed E-state index contributed by atoms with van der Waals surface area (Å²) >= 11 is 0. The second-order valence-electron chi connectivity index (χ2n) is 5.93. The smallest absolute Gasteiger partial charge is 0.256 e. The Kier molecular flexibility index (Phi) is 3.90. The lowest BCUT2D eigenvalue weighted by atomic mass is 10.1. The molecule has 0 saturated carbocycles. The summed E-state index contributed by atoms with van der Waals surface area (Å²) in [5.41, 5.74) is 2.79. The molecule has 0 amide bonds. The average molecular weight is 325 g/mol. The Labute approximate surface area is 139 Å². The zero-order valence-electron chi connectivity index (χ0n) is 13.8. The Morgan fingerprint density at radius 3 is 2.96 bits per heavy atom. The zero-order chi connectivity index (χ0) is 16.5. The molecule has 0 N–H and O–H groups in total. The van der Waals surface area contributed by atoms with E-state index in [9.17, 15) is 0 Å². The third-order valence-electron chi connectivity index (χ3n) is 4.11. The molecule has 0 bridgehead atoms. The van der Waals surface area contributed by atoms with Gasteiger partial charge in [-0.15, -0.1) is 0 Å². The van der Waals surface area contributed by atoms with Crippen molar-refractivity contribution in [3.63, 3.8) is 0 Å². The first kappa shape index (κ1) is 15.1. The Morgan fingerprint density at radius 2 is 2.17 bits per heavy atom. The molecule has 124 valence electrons. The van der Waals surface area contributed by atoms with E-state index in [0.29, 0.717) is 24.2 Å². The summed E-state index contributed by atoms with van der Waals surface area (Å²) < 4.78 is 16.7. The molecule has 1 aliphatic heterocycles. The van der Waals surface area contributed by atoms with Gasteiger partial charge >= 0.3 is 0 Å². The number of ether oxygens (including phenoxy) is 2. The standard InChI is InChI=1S/C18H19N3O3/c1-3-22-17-13(10-12-7-6-11(2)9-14(12)19-17)16-20-18(24-21-16)15-5-4-8-23-15/h6-7,9-10,15H,3-5,8H2,1-2H3. The van der Waals surface area contributed by atoms with Crippen LogP contribution in [0.2, 0.25) is 0 Å². The number of pyridine rings is 1. The van der Waals surface area contributed by atoms with Crippen LogP contribution < -0.4 is 4.74 Å². The fourth-order valence-electron chi connectivity index (χ4n) is 2.91. The van der Waals surface area contributed by atoms with Crippen molar-refractivity contribution in [2.45, 2.75) is 32.8 Å². The Morgan fingerprint density at radius 1 is 1.25 bits per heavy atom. The topological polar surface area (TPSA) is 70.3 Å². The van der Waals surface area contributed by atoms with Crippen molar-refractivity contribution in [3.8, 4) is 17.3 Å². The average Bonchev–Trinajstić information content (AvgIpc) is 3.26. The number of benzene rings is 1. The maximum Gasteiger partial charge on any atom is 0.256 e. The van der Waals surface area contributed by atoms with E-state index in [-0.39, 0.29) is 6.10 Å². The third-order valence-corrected chi connectivity index (χ3v) is 4.11. The summed E-state index contributed by atoms with van der Waals surface area (Å²) in [6.45, 7) is 5.24. The summed E-state index contributed by atoms with van der Waals surface area (Å²) in [5, 5.41) is 5.13. The van der Waals surface area contributed by atoms with Crippen LogP contribution in [0, 0.1) is 6.92 Å². The van der Waals surface area contributed by atoms with Crippen molar-refractivity contribution >= 4 is 10.9 Å². The van der Waals surface area contributed by atoms with E-state index in [1.165, 1.54) is 0 Å². The number of rotatable bonds is 4. The van der Waals surface area contributed by atoms with Crippen molar-refractivity contribution in [1.82, 2.24) is 15.1 Å². The van der Waals surface area contributed by atoms with Crippen LogP contribution in [0.1, 0.15) is 37.3 Å². The maximum absolute atomic E-state index is 5.71. The van der Waals surface area contributed by atoms with Gasteiger partial charge in [-0.25, -0.2) is 4.98 Å². The minimum absolute atomic E-state index is 0.0992. The highest BCUT2D eigenvalue weighted by atomic mass is 16.5. The summed E-state index contributed by atoms with van der Waals surface area (Å²) in [5.74, 6) is 1.53. The van der Waals surface area contributed by atoms with E-state index in [0.717, 1.165) is 41.5 Å². The summed E-state index contributed by atoms with van der Waals surface area (Å²) in [7, 11) is 0. The van der Waals surface area contributed by atoms with E-state index in [4.69, 9.17) is 14.0 Å². The van der Waals surface area contributed by atoms with Gasteiger partial charge in [0.15, 0.2) is 0 Å². The van der Waals surface area contributed by atoms with E-state index in [2.05, 4.69) is 21.2 Å². The molecule has 1 aliphatic rings. The van der Waals surface area contributed by atoms with Gasteiger partial charge < -0.3 is 14.0 Å². The lowest BCUT2D eigenvalue weighted by molar-refractivity contribution is 0.0835. The van der Waals surface area contributed by atoms with Crippen LogP contribution in [0.3, 0.4) is 0 Å². The molecular formula is C18H19N3O3. The van der Waals surface area contributed by atoms with Gasteiger partial charge in [-0.05, 0) is 44.4 Å². The summed E-state index contributed by atoms with van der Waals surface area (Å²) in [6, 6.07) is 8.13. The maximum atomic E-state index is 5.71. The lowest BCUT2D eigenvalue weighted by Gasteiger charge is -2.08. The Bertz CT molecular complexity index is 869. The number of aryl methyl sites for hydroxylation is 1. The molecule has 1 atom stereocenters. The molecule has 0 radical (unpaired) electrons. The highest BCUT2D eigenvalue weighted by molar-refractivity contribution is 5.85. The van der Waals surface area contributed by atoms with Crippen LogP contribution in [0.5, 0.6) is 5.88 Å². The molecule has 1 fully saturated rings. The fourth-order valence-corrected chi connectivity index (χ4v) is 2.91. The summed E-state index contributed by atoms with van der Waals surface area (Å²) in [6.07, 6.45) is 1.83. The van der Waals surface area contributed by atoms with Crippen LogP contribution in [-0.2, 0) is 4.74 Å². The number of fused-ring (bicyclic) bond motifs is 1. The van der Waals surface area contributed by atoms with Crippen LogP contribution in [0.4, 0.5) is 0 Å². The number of hydrogen-bond acceptors (Lipinski definition) is 6. The van der Waals surface area contributed by atoms with E-state index in [1.54, 1.807) is 0 Å². The van der Waals surface area contributed by atoms with Crippen LogP contribution in [0.25, 0.3) is 22.3 Å². The first-order chi connectivity index (χ1) is 11.7. The predicted molar refractivity (Wildman–Crippen MR) is 88.9 cm³/mol. The molecule has 3 aromatic rings. The quantitative estimate of drug-likeness (QED) is 0.726. The highest BCUT2D eigenvalue weighted by Crippen LogP contribution is 2.33. The molecule has 0 aliphatic carbocycles. The van der Waals surface area contributed by atoms with Gasteiger partial charge in [-0.3, -0.25) is 0 Å². The normalized spacial score (nSPS) is 17.5. The van der Waals surface area contributed by atoms with Crippen molar-refractivity contribution in [1.29, 1.82) is 0 Å². The molecule has 1 unspecified atom stereocenters. The fraction of sp³-hybridized carbons (Fsp3) is 0.389. The SMILES string of the molecule is CCOc1nc2cc(C)ccc2cc1-c1noc(C2CCCO2)n1. The minimum atomic E-state index is -0.0992. The second-order valence-corrected chi connectivity index (χ2v) is 5.93. The first-order valence-corrected chi connectivity index (χ1v) is 8.24. The molecule has 24 heavy (non-hydrogen) atoms. The molecule has 0 spiro atoms. The highest BCUT2D eigenvalue weighted by Gasteiger charge is 2.25. The van der Waals surface area contributed by atoms with E-state index >= 15 is 0 Å². The number of hydrogen-bond donors (Lipinski definition) is 0. The largest absolute Gasteiger partial charge is 0.477 e. The van der Waals surface area contributed by atoms with Crippen LogP contribution in [-0.4, -0.2) is 28.3 Å². The molecule has 1 saturated heterocycles. The molecule has 3 heterocycles. The molecule has 2 aromatic heterocycles. The Hall–Kier alpha value is -2.47. The van der Waals surface area contributed by atoms with Gasteiger partial charge in [-0.2, -0.15) is 4.98 Å². The second kappa shape index (κ2) is 6.20. The van der Waals surface area contributed by atoms with Gasteiger partial charge in [0.25, 0.3) is 5.89 Å². The van der Waals surface area contributed by atoms with E-state index < -0.39 is 0 Å². The van der Waals surface area contributed by atoms with Gasteiger partial charge in [0, 0.05) is 12.0 Å². The van der Waals surface area contributed by atoms with Crippen LogP contribution in [0.15, 0.2) is 28.8 Å². The number of aromatic nitrogens is 3. The monoisotopic (exact) mass is 325 g/mol. The first-order valence-electron chi connectivity index (χ1n) is 8.24. The molecule has 6 nitrogen and oxygen atoms in total. The van der Waals surface area contributed by atoms with Gasteiger partial charge in [0.2, 0.25) is 11.7 Å². The van der Waals surface area contributed by atoms with Crippen molar-refractivity contribution in [3.05, 3.63) is 35.7 Å². The lowest BCUT2D eigenvalue weighted by Crippen LogP contribution is -1.99. The van der Waals surface area contributed by atoms with Crippen molar-refractivity contribution in [2.24, 2.45) is 0 Å². The van der Waals surface area contributed by atoms with Crippen LogP contribution >= 0.6 is 0 Å². The van der Waals surface area contributed by atoms with E-state index in [1.807, 2.05) is 32.0 Å². The number of nitrogens with zero attached hydrogens (tertiary/aromatic N) is 3.